The Hall–Kier alpha value is -2.51. The number of rotatable bonds is 8. The van der Waals surface area contributed by atoms with Gasteiger partial charge >= 0.3 is 5.97 Å². The van der Waals surface area contributed by atoms with Crippen LogP contribution in [0.3, 0.4) is 0 Å². The van der Waals surface area contributed by atoms with Crippen LogP contribution in [0.15, 0.2) is 59.5 Å². The van der Waals surface area contributed by atoms with Crippen LogP contribution in [0, 0.1) is 0 Å². The van der Waals surface area contributed by atoms with E-state index in [1.165, 1.54) is 24.3 Å². The molecule has 6 nitrogen and oxygen atoms in total. The first-order valence-electron chi connectivity index (χ1n) is 7.79. The van der Waals surface area contributed by atoms with E-state index in [-0.39, 0.29) is 16.2 Å². The minimum atomic E-state index is -3.68. The smallest absolute Gasteiger partial charge is 0.338 e. The molecule has 0 aliphatic heterocycles. The van der Waals surface area contributed by atoms with Gasteiger partial charge in [-0.3, -0.25) is 4.79 Å². The van der Waals surface area contributed by atoms with E-state index < -0.39 is 22.6 Å². The van der Waals surface area contributed by atoms with Crippen molar-refractivity contribution in [3.63, 3.8) is 0 Å². The summed E-state index contributed by atoms with van der Waals surface area (Å²) in [7, 11) is -3.68. The van der Waals surface area contributed by atoms with Gasteiger partial charge in [0.05, 0.1) is 10.5 Å². The summed E-state index contributed by atoms with van der Waals surface area (Å²) < 4.78 is 31.6. The molecule has 0 heterocycles. The molecule has 25 heavy (non-hydrogen) atoms. The molecule has 0 atom stereocenters. The molecule has 0 aliphatic carbocycles. The molecule has 2 rings (SSSR count). The van der Waals surface area contributed by atoms with Crippen LogP contribution in [0.25, 0.3) is 0 Å². The van der Waals surface area contributed by atoms with E-state index in [0.717, 1.165) is 0 Å². The summed E-state index contributed by atoms with van der Waals surface area (Å²) in [5, 5.41) is 0. The minimum Gasteiger partial charge on any atom is -0.454 e. The summed E-state index contributed by atoms with van der Waals surface area (Å²) in [5.41, 5.74) is 0.510. The minimum absolute atomic E-state index is 0.0233. The van der Waals surface area contributed by atoms with E-state index in [1.807, 2.05) is 6.92 Å². The Morgan fingerprint density at radius 3 is 2.36 bits per heavy atom. The third-order valence-corrected chi connectivity index (χ3v) is 4.81. The van der Waals surface area contributed by atoms with E-state index in [1.54, 1.807) is 30.3 Å². The second-order valence-electron chi connectivity index (χ2n) is 5.29. The van der Waals surface area contributed by atoms with E-state index in [4.69, 9.17) is 4.74 Å². The van der Waals surface area contributed by atoms with Gasteiger partial charge in [-0.2, -0.15) is 0 Å². The maximum Gasteiger partial charge on any atom is 0.338 e. The first kappa shape index (κ1) is 18.8. The summed E-state index contributed by atoms with van der Waals surface area (Å²) in [5.74, 6) is -1.08. The molecule has 0 aliphatic rings. The second-order valence-corrected chi connectivity index (χ2v) is 7.06. The molecule has 0 unspecified atom stereocenters. The van der Waals surface area contributed by atoms with Gasteiger partial charge in [0.25, 0.3) is 0 Å². The predicted molar refractivity (Wildman–Crippen MR) is 93.0 cm³/mol. The van der Waals surface area contributed by atoms with Crippen molar-refractivity contribution in [3.8, 4) is 0 Å². The van der Waals surface area contributed by atoms with E-state index >= 15 is 0 Å². The fraction of sp³-hybridized carbons (Fsp3) is 0.222. The largest absolute Gasteiger partial charge is 0.454 e. The number of ketones is 1. The summed E-state index contributed by atoms with van der Waals surface area (Å²) in [6.45, 7) is 1.75. The van der Waals surface area contributed by atoms with E-state index in [0.29, 0.717) is 18.5 Å². The molecular weight excluding hydrogens is 342 g/mol. The maximum absolute atomic E-state index is 12.1. The lowest BCUT2D eigenvalue weighted by Gasteiger charge is -2.08. The van der Waals surface area contributed by atoms with Gasteiger partial charge in [-0.15, -0.1) is 0 Å². The highest BCUT2D eigenvalue weighted by Gasteiger charge is 2.17. The molecule has 0 radical (unpaired) electrons. The third-order valence-electron chi connectivity index (χ3n) is 3.35. The zero-order valence-electron chi connectivity index (χ0n) is 13.8. The molecule has 0 fully saturated rings. The molecule has 1 N–H and O–H groups in total. The summed E-state index contributed by atoms with van der Waals surface area (Å²) >= 11 is 0. The number of esters is 1. The highest BCUT2D eigenvalue weighted by molar-refractivity contribution is 7.89. The number of benzene rings is 2. The lowest BCUT2D eigenvalue weighted by Crippen LogP contribution is -2.24. The van der Waals surface area contributed by atoms with E-state index in [9.17, 15) is 18.0 Å². The zero-order chi connectivity index (χ0) is 18.3. The van der Waals surface area contributed by atoms with Gasteiger partial charge in [0, 0.05) is 12.1 Å². The highest BCUT2D eigenvalue weighted by Crippen LogP contribution is 2.13. The van der Waals surface area contributed by atoms with Crippen LogP contribution in [0.5, 0.6) is 0 Å². The molecule has 2 aromatic carbocycles. The predicted octanol–water partition coefficient (Wildman–Crippen LogP) is 2.41. The van der Waals surface area contributed by atoms with Gasteiger partial charge in [-0.05, 0) is 24.6 Å². The van der Waals surface area contributed by atoms with Crippen molar-refractivity contribution >= 4 is 21.8 Å². The maximum atomic E-state index is 12.1. The Morgan fingerprint density at radius 2 is 1.68 bits per heavy atom. The monoisotopic (exact) mass is 361 g/mol. The summed E-state index contributed by atoms with van der Waals surface area (Å²) in [6, 6.07) is 14.0. The first-order valence-corrected chi connectivity index (χ1v) is 9.27. The molecule has 7 heteroatoms. The summed E-state index contributed by atoms with van der Waals surface area (Å²) in [6.07, 6.45) is 0.655. The second kappa shape index (κ2) is 8.55. The Bertz CT molecular complexity index is 847. The lowest BCUT2D eigenvalue weighted by molar-refractivity contribution is 0.0474. The van der Waals surface area contributed by atoms with Crippen molar-refractivity contribution in [1.82, 2.24) is 4.72 Å². The van der Waals surface area contributed by atoms with Crippen molar-refractivity contribution in [3.05, 3.63) is 65.7 Å². The van der Waals surface area contributed by atoms with Crippen LogP contribution < -0.4 is 4.72 Å². The number of carbonyl (C=O) groups excluding carboxylic acids is 2. The van der Waals surface area contributed by atoms with Crippen molar-refractivity contribution < 1.29 is 22.7 Å². The number of nitrogens with one attached hydrogen (secondary N) is 1. The standard InChI is InChI=1S/C18H19NO5S/c1-2-11-19-25(22,23)16-10-6-9-15(12-16)18(21)24-13-17(20)14-7-4-3-5-8-14/h3-10,12,19H,2,11,13H2,1H3. The van der Waals surface area contributed by atoms with E-state index in [2.05, 4.69) is 4.72 Å². The van der Waals surface area contributed by atoms with Gasteiger partial charge in [0.1, 0.15) is 0 Å². The highest BCUT2D eigenvalue weighted by atomic mass is 32.2. The van der Waals surface area contributed by atoms with Crippen LogP contribution in [0.4, 0.5) is 0 Å². The molecule has 2 aromatic rings. The lowest BCUT2D eigenvalue weighted by atomic mass is 10.1. The van der Waals surface area contributed by atoms with Gasteiger partial charge in [0.2, 0.25) is 10.0 Å². The number of hydrogen-bond donors (Lipinski definition) is 1. The SMILES string of the molecule is CCCNS(=O)(=O)c1cccc(C(=O)OCC(=O)c2ccccc2)c1. The molecule has 0 saturated heterocycles. The van der Waals surface area contributed by atoms with Gasteiger partial charge in [-0.1, -0.05) is 43.3 Å². The number of Topliss-reactive ketones (excluding diaryl/α,β-unsaturated/α-hetero) is 1. The average Bonchev–Trinajstić information content (AvgIpc) is 2.65. The van der Waals surface area contributed by atoms with Crippen LogP contribution >= 0.6 is 0 Å². The molecule has 0 amide bonds. The third kappa shape index (κ3) is 5.23. The van der Waals surface area contributed by atoms with Gasteiger partial charge in [0.15, 0.2) is 12.4 Å². The Balaban J connectivity index is 2.05. The number of carbonyl (C=O) groups is 2. The van der Waals surface area contributed by atoms with Crippen LogP contribution in [-0.4, -0.2) is 33.3 Å². The number of hydrogen-bond acceptors (Lipinski definition) is 5. The molecule has 0 spiro atoms. The van der Waals surface area contributed by atoms with Gasteiger partial charge in [-0.25, -0.2) is 17.9 Å². The molecule has 132 valence electrons. The number of sulfonamides is 1. The molecule has 0 aromatic heterocycles. The molecule has 0 bridgehead atoms. The van der Waals surface area contributed by atoms with Crippen molar-refractivity contribution in [1.29, 1.82) is 0 Å². The quantitative estimate of drug-likeness (QED) is 0.576. The zero-order valence-corrected chi connectivity index (χ0v) is 14.6. The Kier molecular flexibility index (Phi) is 6.44. The Labute approximate surface area is 146 Å². The number of ether oxygens (including phenoxy) is 1. The topological polar surface area (TPSA) is 89.5 Å². The van der Waals surface area contributed by atoms with Crippen LogP contribution in [-0.2, 0) is 14.8 Å². The first-order chi connectivity index (χ1) is 11.9. The van der Waals surface area contributed by atoms with Crippen molar-refractivity contribution in [2.24, 2.45) is 0 Å². The Morgan fingerprint density at radius 1 is 1.00 bits per heavy atom. The summed E-state index contributed by atoms with van der Waals surface area (Å²) in [4.78, 5) is 24.0. The van der Waals surface area contributed by atoms with Crippen LogP contribution in [0.1, 0.15) is 34.1 Å². The normalized spacial score (nSPS) is 11.1. The van der Waals surface area contributed by atoms with Crippen LogP contribution in [0.2, 0.25) is 0 Å². The fourth-order valence-corrected chi connectivity index (χ4v) is 3.21. The molecular formula is C18H19NO5S. The molecule has 0 saturated carbocycles. The van der Waals surface area contributed by atoms with Crippen molar-refractivity contribution in [2.45, 2.75) is 18.2 Å². The van der Waals surface area contributed by atoms with Gasteiger partial charge < -0.3 is 4.74 Å². The fourth-order valence-electron chi connectivity index (χ4n) is 2.03. The average molecular weight is 361 g/mol. The van der Waals surface area contributed by atoms with Crippen molar-refractivity contribution in [2.75, 3.05) is 13.2 Å².